The van der Waals surface area contributed by atoms with Gasteiger partial charge < -0.3 is 21.1 Å². The molecule has 29 heavy (non-hydrogen) atoms. The summed E-state index contributed by atoms with van der Waals surface area (Å²) in [5.74, 6) is 1.36. The molecular weight excluding hydrogens is 386 g/mol. The van der Waals surface area contributed by atoms with Gasteiger partial charge in [0.2, 0.25) is 5.95 Å². The first-order chi connectivity index (χ1) is 14.2. The van der Waals surface area contributed by atoms with E-state index >= 15 is 0 Å². The predicted molar refractivity (Wildman–Crippen MR) is 119 cm³/mol. The van der Waals surface area contributed by atoms with Crippen LogP contribution in [-0.4, -0.2) is 45.9 Å². The average molecular weight is 416 g/mol. The highest BCUT2D eigenvalue weighted by atomic mass is 32.1. The molecule has 8 nitrogen and oxygen atoms in total. The largest absolute Gasteiger partial charge is 0.403 e. The summed E-state index contributed by atoms with van der Waals surface area (Å²) in [6.45, 7) is 3.53. The van der Waals surface area contributed by atoms with Gasteiger partial charge in [-0.15, -0.1) is 0 Å². The Labute approximate surface area is 175 Å². The Hall–Kier alpha value is -2.26. The molecule has 1 aliphatic heterocycles. The van der Waals surface area contributed by atoms with Crippen LogP contribution in [-0.2, 0) is 4.74 Å². The summed E-state index contributed by atoms with van der Waals surface area (Å²) >= 11 is 1.40. The highest BCUT2D eigenvalue weighted by Gasteiger charge is 2.19. The van der Waals surface area contributed by atoms with E-state index in [1.54, 1.807) is 6.21 Å². The smallest absolute Gasteiger partial charge is 0.230 e. The molecule has 0 aromatic carbocycles. The van der Waals surface area contributed by atoms with Crippen molar-refractivity contribution in [3.05, 3.63) is 17.6 Å². The number of aryl methyl sites for hydroxylation is 1. The highest BCUT2D eigenvalue weighted by Crippen LogP contribution is 2.30. The summed E-state index contributed by atoms with van der Waals surface area (Å²) in [5, 5.41) is 7.88. The Morgan fingerprint density at radius 1 is 1.17 bits per heavy atom. The monoisotopic (exact) mass is 415 g/mol. The van der Waals surface area contributed by atoms with E-state index in [9.17, 15) is 0 Å². The first kappa shape index (κ1) is 20.0. The van der Waals surface area contributed by atoms with Crippen LogP contribution in [0.4, 0.5) is 11.8 Å². The molecule has 4 rings (SSSR count). The molecule has 2 fully saturated rings. The lowest BCUT2D eigenvalue weighted by Crippen LogP contribution is -2.23. The molecule has 156 valence electrons. The molecule has 2 aliphatic rings. The number of ether oxygens (including phenoxy) is 1. The molecule has 0 bridgehead atoms. The molecule has 2 aromatic heterocycles. The Bertz CT molecular complexity index is 882. The molecule has 0 spiro atoms. The van der Waals surface area contributed by atoms with Gasteiger partial charge in [0.1, 0.15) is 5.82 Å². The number of allylic oxidation sites excluding steroid dienone is 1. The van der Waals surface area contributed by atoms with E-state index in [0.29, 0.717) is 17.7 Å². The molecular formula is C20H29N7OS. The van der Waals surface area contributed by atoms with Crippen molar-refractivity contribution in [3.8, 4) is 0 Å². The summed E-state index contributed by atoms with van der Waals surface area (Å²) in [4.78, 5) is 14.9. The highest BCUT2D eigenvalue weighted by molar-refractivity contribution is 7.13. The van der Waals surface area contributed by atoms with E-state index in [0.717, 1.165) is 47.8 Å². The van der Waals surface area contributed by atoms with Crippen LogP contribution in [0.1, 0.15) is 50.6 Å². The molecule has 2 aromatic rings. The van der Waals surface area contributed by atoms with Gasteiger partial charge in [-0.1, -0.05) is 19.3 Å². The topological polar surface area (TPSA) is 110 Å². The third-order valence-corrected chi connectivity index (χ3v) is 6.34. The number of anilines is 2. The lowest BCUT2D eigenvalue weighted by Gasteiger charge is -2.24. The number of nitrogens with two attached hydrogens (primary N) is 1. The number of rotatable bonds is 6. The standard InChI is InChI=1S/C20H29N7OS/c1-13-17-18(23-15-5-3-2-4-6-15)25-20(26-19(17)29-27-13)24-16(11-21)12-22-14-7-9-28-10-8-14/h11-12,14-15H,2-10,21H2,1H3,(H2,23,24,25,26). The van der Waals surface area contributed by atoms with Gasteiger partial charge in [-0.2, -0.15) is 14.3 Å². The summed E-state index contributed by atoms with van der Waals surface area (Å²) < 4.78 is 9.87. The minimum absolute atomic E-state index is 0.275. The Balaban J connectivity index is 1.53. The Kier molecular flexibility index (Phi) is 6.56. The lowest BCUT2D eigenvalue weighted by atomic mass is 9.95. The number of fused-ring (bicyclic) bond motifs is 1. The van der Waals surface area contributed by atoms with Crippen molar-refractivity contribution in [2.24, 2.45) is 10.7 Å². The van der Waals surface area contributed by atoms with E-state index in [2.05, 4.69) is 25.0 Å². The van der Waals surface area contributed by atoms with E-state index in [1.807, 2.05) is 6.92 Å². The van der Waals surface area contributed by atoms with Gasteiger partial charge in [-0.3, -0.25) is 4.99 Å². The number of nitrogens with zero attached hydrogens (tertiary/aromatic N) is 4. The zero-order valence-electron chi connectivity index (χ0n) is 16.9. The van der Waals surface area contributed by atoms with Crippen molar-refractivity contribution >= 4 is 39.7 Å². The van der Waals surface area contributed by atoms with Crippen molar-refractivity contribution in [3.63, 3.8) is 0 Å². The van der Waals surface area contributed by atoms with Crippen molar-refractivity contribution in [1.82, 2.24) is 14.3 Å². The number of hydrogen-bond acceptors (Lipinski definition) is 9. The Morgan fingerprint density at radius 2 is 1.97 bits per heavy atom. The molecule has 1 aliphatic carbocycles. The molecule has 1 saturated carbocycles. The van der Waals surface area contributed by atoms with E-state index in [4.69, 9.17) is 15.5 Å². The van der Waals surface area contributed by atoms with E-state index in [1.165, 1.54) is 49.8 Å². The maximum atomic E-state index is 5.82. The Morgan fingerprint density at radius 3 is 2.72 bits per heavy atom. The molecule has 4 N–H and O–H groups in total. The number of hydrogen-bond donors (Lipinski definition) is 3. The average Bonchev–Trinajstić information content (AvgIpc) is 3.13. The normalized spacial score (nSPS) is 19.8. The number of aliphatic imine (C=N–C) groups is 1. The quantitative estimate of drug-likeness (QED) is 0.618. The summed E-state index contributed by atoms with van der Waals surface area (Å²) in [6, 6.07) is 0.727. The fourth-order valence-electron chi connectivity index (χ4n) is 3.86. The second kappa shape index (κ2) is 9.49. The predicted octanol–water partition coefficient (Wildman–Crippen LogP) is 3.60. The van der Waals surface area contributed by atoms with Crippen LogP contribution >= 0.6 is 11.5 Å². The first-order valence-electron chi connectivity index (χ1n) is 10.4. The van der Waals surface area contributed by atoms with Gasteiger partial charge in [0.25, 0.3) is 0 Å². The van der Waals surface area contributed by atoms with E-state index in [-0.39, 0.29) is 6.04 Å². The second-order valence-electron chi connectivity index (χ2n) is 7.69. The first-order valence-corrected chi connectivity index (χ1v) is 11.2. The second-order valence-corrected chi connectivity index (χ2v) is 8.44. The zero-order chi connectivity index (χ0) is 20.1. The van der Waals surface area contributed by atoms with Crippen molar-refractivity contribution in [2.45, 2.75) is 64.0 Å². The van der Waals surface area contributed by atoms with Crippen LogP contribution in [0.25, 0.3) is 10.2 Å². The fraction of sp³-hybridized carbons (Fsp3) is 0.600. The van der Waals surface area contributed by atoms with Crippen molar-refractivity contribution in [2.75, 3.05) is 23.8 Å². The molecule has 0 radical (unpaired) electrons. The molecule has 3 heterocycles. The minimum Gasteiger partial charge on any atom is -0.403 e. The van der Waals surface area contributed by atoms with Crippen LogP contribution in [0.15, 0.2) is 16.9 Å². The molecule has 0 amide bonds. The molecule has 1 saturated heterocycles. The minimum atomic E-state index is 0.275. The van der Waals surface area contributed by atoms with Crippen molar-refractivity contribution < 1.29 is 4.74 Å². The van der Waals surface area contributed by atoms with Gasteiger partial charge in [0.15, 0.2) is 4.83 Å². The third-order valence-electron chi connectivity index (χ3n) is 5.50. The summed E-state index contributed by atoms with van der Waals surface area (Å²) in [6.07, 6.45) is 11.4. The van der Waals surface area contributed by atoms with Gasteiger partial charge in [0.05, 0.1) is 22.8 Å². The van der Waals surface area contributed by atoms with Gasteiger partial charge in [-0.05, 0) is 44.1 Å². The fourth-order valence-corrected chi connectivity index (χ4v) is 4.63. The van der Waals surface area contributed by atoms with Crippen LogP contribution in [0.3, 0.4) is 0 Å². The zero-order valence-corrected chi connectivity index (χ0v) is 17.7. The molecule has 0 unspecified atom stereocenters. The number of nitrogens with one attached hydrogen (secondary N) is 2. The maximum Gasteiger partial charge on any atom is 0.230 e. The van der Waals surface area contributed by atoms with Crippen LogP contribution in [0.5, 0.6) is 0 Å². The van der Waals surface area contributed by atoms with Crippen LogP contribution < -0.4 is 16.4 Å². The SMILES string of the molecule is Cc1nsc2nc(NC(C=NC3CCOCC3)=CN)nc(NC3CCCCC3)c12. The third kappa shape index (κ3) is 5.02. The maximum absolute atomic E-state index is 5.82. The van der Waals surface area contributed by atoms with Crippen LogP contribution in [0, 0.1) is 6.92 Å². The van der Waals surface area contributed by atoms with Crippen molar-refractivity contribution in [1.29, 1.82) is 0 Å². The van der Waals surface area contributed by atoms with Gasteiger partial charge >= 0.3 is 0 Å². The molecule has 9 heteroatoms. The van der Waals surface area contributed by atoms with Gasteiger partial charge in [-0.25, -0.2) is 0 Å². The summed E-state index contributed by atoms with van der Waals surface area (Å²) in [5.41, 5.74) is 7.46. The summed E-state index contributed by atoms with van der Waals surface area (Å²) in [7, 11) is 0. The number of aromatic nitrogens is 3. The molecule has 0 atom stereocenters. The van der Waals surface area contributed by atoms with Crippen LogP contribution in [0.2, 0.25) is 0 Å². The van der Waals surface area contributed by atoms with Gasteiger partial charge in [0, 0.05) is 31.7 Å². The van der Waals surface area contributed by atoms with E-state index < -0.39 is 0 Å². The lowest BCUT2D eigenvalue weighted by molar-refractivity contribution is 0.0872.